The van der Waals surface area contributed by atoms with Crippen molar-refractivity contribution in [3.8, 4) is 11.5 Å². The fourth-order valence-corrected chi connectivity index (χ4v) is 5.79. The highest BCUT2D eigenvalue weighted by atomic mass is 16.6. The Labute approximate surface area is 230 Å². The number of fused-ring (bicyclic) bond motifs is 6. The van der Waals surface area contributed by atoms with Gasteiger partial charge in [-0.1, -0.05) is 56.3 Å². The molecule has 0 bridgehead atoms. The maximum Gasteiger partial charge on any atom is 0.340 e. The molecule has 1 atom stereocenters. The number of carbonyl (C=O) groups excluding carboxylic acids is 1. The van der Waals surface area contributed by atoms with Gasteiger partial charge in [0.1, 0.15) is 11.5 Å². The Balaban J connectivity index is 1.60. The first-order valence-corrected chi connectivity index (χ1v) is 13.8. The van der Waals surface area contributed by atoms with Gasteiger partial charge in [0.15, 0.2) is 5.60 Å². The SMILES string of the molecule is CCN(CCC(C)C)c1cccc2c1C1(OC(=O)c3ccccc31)c1cc(Nc3ccccc3)c(C)cc1O2. The molecule has 4 aromatic carbocycles. The predicted molar refractivity (Wildman–Crippen MR) is 157 cm³/mol. The van der Waals surface area contributed by atoms with E-state index < -0.39 is 5.60 Å². The van der Waals surface area contributed by atoms with Gasteiger partial charge in [0, 0.05) is 41.3 Å². The third-order valence-electron chi connectivity index (χ3n) is 7.81. The van der Waals surface area contributed by atoms with E-state index >= 15 is 0 Å². The minimum atomic E-state index is -1.13. The molecule has 1 unspecified atom stereocenters. The van der Waals surface area contributed by atoms with Crippen molar-refractivity contribution in [1.82, 2.24) is 0 Å². The van der Waals surface area contributed by atoms with Gasteiger partial charge in [0.25, 0.3) is 0 Å². The van der Waals surface area contributed by atoms with Gasteiger partial charge in [-0.3, -0.25) is 0 Å². The van der Waals surface area contributed by atoms with Crippen molar-refractivity contribution >= 4 is 23.0 Å². The van der Waals surface area contributed by atoms with Crippen LogP contribution in [-0.4, -0.2) is 19.1 Å². The molecule has 5 nitrogen and oxygen atoms in total. The number of nitrogens with zero attached hydrogens (tertiary/aromatic N) is 1. The number of carbonyl (C=O) groups is 1. The zero-order chi connectivity index (χ0) is 27.1. The Morgan fingerprint density at radius 3 is 2.44 bits per heavy atom. The number of para-hydroxylation sites is 1. The second-order valence-corrected chi connectivity index (χ2v) is 10.8. The van der Waals surface area contributed by atoms with E-state index in [0.717, 1.165) is 64.6 Å². The van der Waals surface area contributed by atoms with Crippen LogP contribution in [0.2, 0.25) is 0 Å². The summed E-state index contributed by atoms with van der Waals surface area (Å²) in [7, 11) is 0. The van der Waals surface area contributed by atoms with E-state index in [1.165, 1.54) is 0 Å². The molecular weight excluding hydrogens is 484 g/mol. The van der Waals surface area contributed by atoms with Crippen molar-refractivity contribution in [3.05, 3.63) is 113 Å². The Bertz CT molecular complexity index is 1550. The molecule has 2 aliphatic rings. The fourth-order valence-electron chi connectivity index (χ4n) is 5.79. The molecule has 0 aromatic heterocycles. The zero-order valence-corrected chi connectivity index (χ0v) is 23.0. The third-order valence-corrected chi connectivity index (χ3v) is 7.81. The molecule has 0 saturated carbocycles. The van der Waals surface area contributed by atoms with E-state index in [-0.39, 0.29) is 5.97 Å². The highest BCUT2D eigenvalue weighted by Gasteiger charge is 2.55. The number of benzene rings is 4. The quantitative estimate of drug-likeness (QED) is 0.250. The van der Waals surface area contributed by atoms with Crippen molar-refractivity contribution in [2.45, 2.75) is 39.7 Å². The highest BCUT2D eigenvalue weighted by molar-refractivity contribution is 5.97. The smallest absolute Gasteiger partial charge is 0.340 e. The lowest BCUT2D eigenvalue weighted by atomic mass is 9.76. The summed E-state index contributed by atoms with van der Waals surface area (Å²) in [5, 5.41) is 3.56. The van der Waals surface area contributed by atoms with Crippen LogP contribution < -0.4 is 15.0 Å². The molecule has 6 rings (SSSR count). The van der Waals surface area contributed by atoms with Crippen LogP contribution in [0.15, 0.2) is 84.9 Å². The lowest BCUT2D eigenvalue weighted by molar-refractivity contribution is 0.0226. The van der Waals surface area contributed by atoms with Crippen LogP contribution in [0.4, 0.5) is 17.1 Å². The lowest BCUT2D eigenvalue weighted by Gasteiger charge is -2.40. The third kappa shape index (κ3) is 4.13. The maximum atomic E-state index is 13.5. The first-order valence-electron chi connectivity index (χ1n) is 13.8. The van der Waals surface area contributed by atoms with Crippen LogP contribution in [0, 0.1) is 12.8 Å². The fraction of sp³-hybridized carbons (Fsp3) is 0.265. The Morgan fingerprint density at radius 2 is 1.67 bits per heavy atom. The molecule has 0 amide bonds. The zero-order valence-electron chi connectivity index (χ0n) is 23.0. The molecular formula is C34H34N2O3. The molecule has 1 spiro atoms. The van der Waals surface area contributed by atoms with E-state index in [1.807, 2.05) is 72.8 Å². The van der Waals surface area contributed by atoms with Gasteiger partial charge in [-0.15, -0.1) is 0 Å². The Kier molecular flexibility index (Phi) is 6.30. The molecule has 5 heteroatoms. The first kappa shape index (κ1) is 25.1. The summed E-state index contributed by atoms with van der Waals surface area (Å²) in [6.07, 6.45) is 1.06. The largest absolute Gasteiger partial charge is 0.456 e. The van der Waals surface area contributed by atoms with Gasteiger partial charge in [-0.25, -0.2) is 4.79 Å². The van der Waals surface area contributed by atoms with Crippen molar-refractivity contribution in [2.75, 3.05) is 23.3 Å². The molecule has 0 radical (unpaired) electrons. The molecule has 0 saturated heterocycles. The van der Waals surface area contributed by atoms with Crippen molar-refractivity contribution in [2.24, 2.45) is 5.92 Å². The minimum absolute atomic E-state index is 0.317. The summed E-state index contributed by atoms with van der Waals surface area (Å²) in [4.78, 5) is 15.9. The number of aryl methyl sites for hydroxylation is 1. The van der Waals surface area contributed by atoms with Gasteiger partial charge < -0.3 is 19.7 Å². The summed E-state index contributed by atoms with van der Waals surface area (Å²) in [5.41, 5.74) is 6.02. The molecule has 0 fully saturated rings. The topological polar surface area (TPSA) is 50.8 Å². The van der Waals surface area contributed by atoms with E-state index in [1.54, 1.807) is 0 Å². The summed E-state index contributed by atoms with van der Waals surface area (Å²) in [5.74, 6) is 1.67. The van der Waals surface area contributed by atoms with Crippen molar-refractivity contribution in [1.29, 1.82) is 0 Å². The number of nitrogens with one attached hydrogen (secondary N) is 1. The molecule has 0 aliphatic carbocycles. The van der Waals surface area contributed by atoms with Crippen LogP contribution in [0.25, 0.3) is 0 Å². The number of rotatable bonds is 7. The lowest BCUT2D eigenvalue weighted by Crippen LogP contribution is -2.36. The molecule has 4 aromatic rings. The number of hydrogen-bond acceptors (Lipinski definition) is 5. The normalized spacial score (nSPS) is 16.8. The number of hydrogen-bond donors (Lipinski definition) is 1. The van der Waals surface area contributed by atoms with Gasteiger partial charge in [-0.2, -0.15) is 0 Å². The van der Waals surface area contributed by atoms with Crippen molar-refractivity contribution in [3.63, 3.8) is 0 Å². The van der Waals surface area contributed by atoms with E-state index in [2.05, 4.69) is 50.0 Å². The average molecular weight is 519 g/mol. The number of esters is 1. The van der Waals surface area contributed by atoms with Gasteiger partial charge in [0.2, 0.25) is 0 Å². The average Bonchev–Trinajstić information content (AvgIpc) is 3.23. The summed E-state index contributed by atoms with van der Waals surface area (Å²) in [6, 6.07) is 28.1. The highest BCUT2D eigenvalue weighted by Crippen LogP contribution is 2.59. The number of anilines is 3. The maximum absolute atomic E-state index is 13.5. The van der Waals surface area contributed by atoms with Gasteiger partial charge in [-0.05, 0) is 74.2 Å². The van der Waals surface area contributed by atoms with Crippen LogP contribution in [-0.2, 0) is 10.3 Å². The molecule has 198 valence electrons. The Hall–Kier alpha value is -4.25. The van der Waals surface area contributed by atoms with Gasteiger partial charge in [0.05, 0.1) is 11.1 Å². The summed E-state index contributed by atoms with van der Waals surface area (Å²) in [6.45, 7) is 10.5. The second kappa shape index (κ2) is 9.81. The van der Waals surface area contributed by atoms with E-state index in [4.69, 9.17) is 9.47 Å². The van der Waals surface area contributed by atoms with Crippen LogP contribution in [0.5, 0.6) is 11.5 Å². The van der Waals surface area contributed by atoms with Crippen LogP contribution in [0.1, 0.15) is 59.8 Å². The first-order chi connectivity index (χ1) is 18.9. The predicted octanol–water partition coefficient (Wildman–Crippen LogP) is 8.18. The molecule has 1 N–H and O–H groups in total. The standard InChI is InChI=1S/C34H34N2O3/c1-5-36(19-18-22(2)3)29-16-11-17-30-32(29)34(26-15-10-9-14-25(26)33(37)39-34)27-21-28(23(4)20-31(27)38-30)35-24-12-7-6-8-13-24/h6-17,20-22,35H,5,18-19H2,1-4H3. The molecule has 2 heterocycles. The van der Waals surface area contributed by atoms with Gasteiger partial charge >= 0.3 is 5.97 Å². The monoisotopic (exact) mass is 518 g/mol. The van der Waals surface area contributed by atoms with Crippen molar-refractivity contribution < 1.29 is 14.3 Å². The van der Waals surface area contributed by atoms with Crippen LogP contribution in [0.3, 0.4) is 0 Å². The number of ether oxygens (including phenoxy) is 2. The van der Waals surface area contributed by atoms with E-state index in [9.17, 15) is 4.79 Å². The van der Waals surface area contributed by atoms with E-state index in [0.29, 0.717) is 17.2 Å². The van der Waals surface area contributed by atoms with Crippen LogP contribution >= 0.6 is 0 Å². The molecule has 2 aliphatic heterocycles. The Morgan fingerprint density at radius 1 is 0.897 bits per heavy atom. The minimum Gasteiger partial charge on any atom is -0.456 e. The summed E-state index contributed by atoms with van der Waals surface area (Å²) >= 11 is 0. The molecule has 39 heavy (non-hydrogen) atoms. The second-order valence-electron chi connectivity index (χ2n) is 10.8. The summed E-state index contributed by atoms with van der Waals surface area (Å²) < 4.78 is 13.2.